The van der Waals surface area contributed by atoms with E-state index in [4.69, 9.17) is 11.6 Å². The van der Waals surface area contributed by atoms with Gasteiger partial charge in [0.1, 0.15) is 5.69 Å². The summed E-state index contributed by atoms with van der Waals surface area (Å²) in [6, 6.07) is 2.02. The lowest BCUT2D eigenvalue weighted by atomic mass is 9.85. The van der Waals surface area contributed by atoms with Gasteiger partial charge in [-0.25, -0.2) is 0 Å². The zero-order chi connectivity index (χ0) is 13.1. The first kappa shape index (κ1) is 13.4. The summed E-state index contributed by atoms with van der Waals surface area (Å²) in [6.07, 6.45) is 4.52. The maximum absolute atomic E-state index is 12.2. The Kier molecular flexibility index (Phi) is 4.27. The number of halogens is 1. The quantitative estimate of drug-likeness (QED) is 0.856. The number of rotatable bonds is 3. The Hall–Kier alpha value is -1.03. The van der Waals surface area contributed by atoms with Crippen molar-refractivity contribution in [3.05, 3.63) is 17.5 Å². The van der Waals surface area contributed by atoms with Gasteiger partial charge in [-0.05, 0) is 31.7 Å². The Morgan fingerprint density at radius 1 is 1.56 bits per heavy atom. The number of aromatic nitrogens is 2. The Labute approximate surface area is 113 Å². The second-order valence-corrected chi connectivity index (χ2v) is 5.38. The van der Waals surface area contributed by atoms with Crippen molar-refractivity contribution >= 4 is 17.5 Å². The average molecular weight is 270 g/mol. The van der Waals surface area contributed by atoms with E-state index in [0.29, 0.717) is 17.5 Å². The molecule has 0 bridgehead atoms. The molecule has 1 fully saturated rings. The first-order valence-corrected chi connectivity index (χ1v) is 7.02. The lowest BCUT2D eigenvalue weighted by Crippen LogP contribution is -2.43. The van der Waals surface area contributed by atoms with E-state index in [-0.39, 0.29) is 11.9 Å². The van der Waals surface area contributed by atoms with Crippen LogP contribution in [-0.2, 0) is 7.05 Å². The number of nitrogens with zero attached hydrogens (tertiary/aromatic N) is 2. The Bertz CT molecular complexity index is 430. The molecular formula is C13H20ClN3O. The maximum atomic E-state index is 12.2. The third-order valence-corrected chi connectivity index (χ3v) is 4.05. The van der Waals surface area contributed by atoms with Crippen LogP contribution in [0.15, 0.2) is 6.07 Å². The van der Waals surface area contributed by atoms with Gasteiger partial charge in [0.25, 0.3) is 5.91 Å². The van der Waals surface area contributed by atoms with E-state index in [1.807, 2.05) is 13.0 Å². The van der Waals surface area contributed by atoms with Crippen LogP contribution in [0.5, 0.6) is 0 Å². The number of hydrogen-bond acceptors (Lipinski definition) is 2. The van der Waals surface area contributed by atoms with Crippen LogP contribution in [0.1, 0.15) is 41.9 Å². The van der Waals surface area contributed by atoms with Gasteiger partial charge in [-0.3, -0.25) is 9.48 Å². The highest BCUT2D eigenvalue weighted by Crippen LogP contribution is 2.25. The van der Waals surface area contributed by atoms with Gasteiger partial charge in [0, 0.05) is 19.0 Å². The van der Waals surface area contributed by atoms with Gasteiger partial charge in [-0.1, -0.05) is 12.8 Å². The largest absolute Gasteiger partial charge is 0.348 e. The molecule has 0 aliphatic heterocycles. The molecule has 0 radical (unpaired) electrons. The van der Waals surface area contributed by atoms with E-state index >= 15 is 0 Å². The third-order valence-electron chi connectivity index (χ3n) is 3.66. The van der Waals surface area contributed by atoms with Crippen LogP contribution in [0.25, 0.3) is 0 Å². The molecule has 4 nitrogen and oxygen atoms in total. The highest BCUT2D eigenvalue weighted by Gasteiger charge is 2.26. The molecule has 1 saturated carbocycles. The van der Waals surface area contributed by atoms with Crippen LogP contribution in [-0.4, -0.2) is 27.6 Å². The lowest BCUT2D eigenvalue weighted by Gasteiger charge is -2.30. The highest BCUT2D eigenvalue weighted by atomic mass is 35.5. The fraction of sp³-hybridized carbons (Fsp3) is 0.692. The minimum absolute atomic E-state index is 0.0416. The van der Waals surface area contributed by atoms with Crippen LogP contribution in [0.4, 0.5) is 0 Å². The number of carbonyl (C=O) groups is 1. The van der Waals surface area contributed by atoms with E-state index in [1.165, 1.54) is 12.8 Å². The molecule has 2 rings (SSSR count). The third kappa shape index (κ3) is 2.86. The van der Waals surface area contributed by atoms with E-state index in [2.05, 4.69) is 10.4 Å². The van der Waals surface area contributed by atoms with Crippen LogP contribution in [0.3, 0.4) is 0 Å². The summed E-state index contributed by atoms with van der Waals surface area (Å²) in [4.78, 5) is 12.2. The standard InChI is InChI=1S/C13H20ClN3O/c1-9-7-12(17(2)16-9)13(18)15-11-6-4-3-5-10(11)8-14/h7,10-11H,3-6,8H2,1-2H3,(H,15,18). The van der Waals surface area contributed by atoms with Crippen LogP contribution in [0.2, 0.25) is 0 Å². The zero-order valence-electron chi connectivity index (χ0n) is 10.9. The topological polar surface area (TPSA) is 46.9 Å². The minimum Gasteiger partial charge on any atom is -0.348 e. The first-order chi connectivity index (χ1) is 8.61. The molecule has 1 heterocycles. The molecular weight excluding hydrogens is 250 g/mol. The van der Waals surface area contributed by atoms with Crippen molar-refractivity contribution in [1.82, 2.24) is 15.1 Å². The molecule has 1 aliphatic rings. The molecule has 2 unspecified atom stereocenters. The smallest absolute Gasteiger partial charge is 0.269 e. The number of carbonyl (C=O) groups excluding carboxylic acids is 1. The summed E-state index contributed by atoms with van der Waals surface area (Å²) < 4.78 is 1.63. The van der Waals surface area contributed by atoms with Gasteiger partial charge in [0.2, 0.25) is 0 Å². The molecule has 100 valence electrons. The van der Waals surface area contributed by atoms with Gasteiger partial charge in [0.05, 0.1) is 5.69 Å². The van der Waals surface area contributed by atoms with Gasteiger partial charge >= 0.3 is 0 Å². The lowest BCUT2D eigenvalue weighted by molar-refractivity contribution is 0.0901. The number of hydrogen-bond donors (Lipinski definition) is 1. The van der Waals surface area contributed by atoms with Crippen LogP contribution >= 0.6 is 11.6 Å². The van der Waals surface area contributed by atoms with Crippen LogP contribution in [0, 0.1) is 12.8 Å². The Balaban J connectivity index is 2.04. The Morgan fingerprint density at radius 2 is 2.28 bits per heavy atom. The minimum atomic E-state index is -0.0416. The molecule has 0 spiro atoms. The molecule has 2 atom stereocenters. The van der Waals surface area contributed by atoms with Crippen molar-refractivity contribution in [2.24, 2.45) is 13.0 Å². The van der Waals surface area contributed by atoms with Crippen molar-refractivity contribution in [3.8, 4) is 0 Å². The van der Waals surface area contributed by atoms with E-state index < -0.39 is 0 Å². The highest BCUT2D eigenvalue weighted by molar-refractivity contribution is 6.18. The monoisotopic (exact) mass is 269 g/mol. The van der Waals surface area contributed by atoms with E-state index in [9.17, 15) is 4.79 Å². The summed E-state index contributed by atoms with van der Waals surface area (Å²) in [5.74, 6) is 0.980. The number of aryl methyl sites for hydroxylation is 2. The molecule has 1 amide bonds. The number of alkyl halides is 1. The first-order valence-electron chi connectivity index (χ1n) is 6.49. The summed E-state index contributed by atoms with van der Waals surface area (Å²) in [5, 5.41) is 7.30. The maximum Gasteiger partial charge on any atom is 0.269 e. The van der Waals surface area contributed by atoms with Crippen molar-refractivity contribution in [1.29, 1.82) is 0 Å². The molecule has 18 heavy (non-hydrogen) atoms. The van der Waals surface area contributed by atoms with Crippen molar-refractivity contribution < 1.29 is 4.79 Å². The molecule has 1 aromatic heterocycles. The van der Waals surface area contributed by atoms with Crippen molar-refractivity contribution in [3.63, 3.8) is 0 Å². The van der Waals surface area contributed by atoms with Crippen molar-refractivity contribution in [2.75, 3.05) is 5.88 Å². The average Bonchev–Trinajstić information content (AvgIpc) is 2.69. The summed E-state index contributed by atoms with van der Waals surface area (Å²) in [5.41, 5.74) is 1.48. The van der Waals surface area contributed by atoms with E-state index in [0.717, 1.165) is 18.5 Å². The SMILES string of the molecule is Cc1cc(C(=O)NC2CCCCC2CCl)n(C)n1. The summed E-state index contributed by atoms with van der Waals surface area (Å²) >= 11 is 5.97. The second-order valence-electron chi connectivity index (χ2n) is 5.07. The van der Waals surface area contributed by atoms with E-state index in [1.54, 1.807) is 11.7 Å². The molecule has 5 heteroatoms. The van der Waals surface area contributed by atoms with Crippen LogP contribution < -0.4 is 5.32 Å². The fourth-order valence-corrected chi connectivity index (χ4v) is 3.02. The molecule has 1 N–H and O–H groups in total. The fourth-order valence-electron chi connectivity index (χ4n) is 2.65. The Morgan fingerprint density at radius 3 is 2.89 bits per heavy atom. The second kappa shape index (κ2) is 5.74. The summed E-state index contributed by atoms with van der Waals surface area (Å²) in [6.45, 7) is 1.89. The molecule has 0 saturated heterocycles. The van der Waals surface area contributed by atoms with Gasteiger partial charge in [0.15, 0.2) is 0 Å². The van der Waals surface area contributed by atoms with Gasteiger partial charge in [-0.2, -0.15) is 5.10 Å². The zero-order valence-corrected chi connectivity index (χ0v) is 11.7. The number of amides is 1. The van der Waals surface area contributed by atoms with Crippen molar-refractivity contribution in [2.45, 2.75) is 38.6 Å². The normalized spacial score (nSPS) is 23.9. The molecule has 1 aromatic rings. The predicted molar refractivity (Wildman–Crippen MR) is 71.9 cm³/mol. The molecule has 1 aliphatic carbocycles. The van der Waals surface area contributed by atoms with Gasteiger partial charge < -0.3 is 5.32 Å². The number of nitrogens with one attached hydrogen (secondary N) is 1. The van der Waals surface area contributed by atoms with Gasteiger partial charge in [-0.15, -0.1) is 11.6 Å². The molecule has 0 aromatic carbocycles. The predicted octanol–water partition coefficient (Wildman–Crippen LogP) is 2.26. The summed E-state index contributed by atoms with van der Waals surface area (Å²) in [7, 11) is 1.79.